The van der Waals surface area contributed by atoms with Crippen LogP contribution in [0.15, 0.2) is 52.5 Å². The molecule has 1 aromatic heterocycles. The number of nitrogens with zero attached hydrogens (tertiary/aromatic N) is 2. The first-order chi connectivity index (χ1) is 11.4. The fourth-order valence-electron chi connectivity index (χ4n) is 2.28. The Morgan fingerprint density at radius 3 is 2.38 bits per heavy atom. The summed E-state index contributed by atoms with van der Waals surface area (Å²) in [6, 6.07) is 11.1. The third-order valence-corrected chi connectivity index (χ3v) is 3.76. The van der Waals surface area contributed by atoms with Crippen LogP contribution in [0.2, 0.25) is 0 Å². The van der Waals surface area contributed by atoms with Crippen LogP contribution in [0.3, 0.4) is 0 Å². The van der Waals surface area contributed by atoms with Crippen LogP contribution < -0.4 is 11.0 Å². The lowest BCUT2D eigenvalue weighted by molar-refractivity contribution is 0.0953. The molecule has 1 aromatic carbocycles. The third-order valence-electron chi connectivity index (χ3n) is 3.76. The molecule has 1 N–H and O–H groups in total. The fourth-order valence-corrected chi connectivity index (χ4v) is 2.28. The van der Waals surface area contributed by atoms with E-state index in [4.69, 9.17) is 0 Å². The molecule has 1 amide bonds. The first-order valence-corrected chi connectivity index (χ1v) is 8.04. The van der Waals surface area contributed by atoms with Gasteiger partial charge in [0.05, 0.1) is 6.21 Å². The molecule has 2 aromatic rings. The van der Waals surface area contributed by atoms with Crippen molar-refractivity contribution >= 4 is 12.1 Å². The molecule has 0 aliphatic carbocycles. The van der Waals surface area contributed by atoms with Crippen molar-refractivity contribution in [2.45, 2.75) is 39.7 Å². The van der Waals surface area contributed by atoms with Crippen LogP contribution in [0, 0.1) is 0 Å². The van der Waals surface area contributed by atoms with E-state index >= 15 is 0 Å². The van der Waals surface area contributed by atoms with Crippen LogP contribution in [0.4, 0.5) is 0 Å². The van der Waals surface area contributed by atoms with Gasteiger partial charge in [0.2, 0.25) is 0 Å². The zero-order chi connectivity index (χ0) is 17.7. The quantitative estimate of drug-likeness (QED) is 0.677. The number of hydrogen-bond donors (Lipinski definition) is 1. The maximum Gasteiger partial charge on any atom is 0.276 e. The van der Waals surface area contributed by atoms with Crippen LogP contribution in [-0.4, -0.2) is 16.7 Å². The summed E-state index contributed by atoms with van der Waals surface area (Å²) in [5, 5.41) is 3.94. The monoisotopic (exact) mass is 325 g/mol. The Hall–Kier alpha value is -2.69. The van der Waals surface area contributed by atoms with Gasteiger partial charge in [0.15, 0.2) is 0 Å². The van der Waals surface area contributed by atoms with Crippen molar-refractivity contribution in [2.75, 3.05) is 0 Å². The highest BCUT2D eigenvalue weighted by atomic mass is 16.2. The summed E-state index contributed by atoms with van der Waals surface area (Å²) in [7, 11) is 0. The predicted octanol–water partition coefficient (Wildman–Crippen LogP) is 3.32. The van der Waals surface area contributed by atoms with Crippen molar-refractivity contribution in [3.05, 3.63) is 69.6 Å². The number of hydrogen-bond acceptors (Lipinski definition) is 3. The Morgan fingerprint density at radius 1 is 1.12 bits per heavy atom. The fraction of sp³-hybridized carbons (Fsp3) is 0.316. The number of aromatic nitrogens is 1. The van der Waals surface area contributed by atoms with E-state index in [1.807, 2.05) is 38.1 Å². The van der Waals surface area contributed by atoms with Crippen molar-refractivity contribution in [2.24, 2.45) is 5.10 Å². The van der Waals surface area contributed by atoms with Crippen molar-refractivity contribution in [1.29, 1.82) is 0 Å². The second kappa shape index (κ2) is 7.73. The van der Waals surface area contributed by atoms with E-state index in [1.54, 1.807) is 18.5 Å². The first kappa shape index (κ1) is 17.7. The van der Waals surface area contributed by atoms with Gasteiger partial charge in [-0.1, -0.05) is 38.1 Å². The molecule has 0 unspecified atom stereocenters. The van der Waals surface area contributed by atoms with E-state index in [0.717, 1.165) is 5.56 Å². The second-order valence-electron chi connectivity index (χ2n) is 6.25. The summed E-state index contributed by atoms with van der Waals surface area (Å²) in [5.74, 6) is -0.0399. The van der Waals surface area contributed by atoms with Gasteiger partial charge >= 0.3 is 0 Å². The van der Waals surface area contributed by atoms with E-state index < -0.39 is 5.91 Å². The first-order valence-electron chi connectivity index (χ1n) is 8.04. The lowest BCUT2D eigenvalue weighted by Gasteiger charge is -2.10. The van der Waals surface area contributed by atoms with Gasteiger partial charge in [0, 0.05) is 12.2 Å². The van der Waals surface area contributed by atoms with Gasteiger partial charge in [0.1, 0.15) is 5.56 Å². The van der Waals surface area contributed by atoms with Crippen LogP contribution in [0.25, 0.3) is 0 Å². The lowest BCUT2D eigenvalue weighted by atomic mass is 10.0. The number of amides is 1. The summed E-state index contributed by atoms with van der Waals surface area (Å²) in [6.45, 7) is 8.05. The number of hydrazone groups is 1. The van der Waals surface area contributed by atoms with E-state index in [-0.39, 0.29) is 17.2 Å². The van der Waals surface area contributed by atoms with Crippen molar-refractivity contribution in [3.8, 4) is 0 Å². The average molecular weight is 325 g/mol. The predicted molar refractivity (Wildman–Crippen MR) is 96.7 cm³/mol. The molecule has 1 heterocycles. The zero-order valence-corrected chi connectivity index (χ0v) is 14.5. The summed E-state index contributed by atoms with van der Waals surface area (Å²) >= 11 is 0. The molecule has 126 valence electrons. The molecule has 0 saturated carbocycles. The average Bonchev–Trinajstić information content (AvgIpc) is 2.55. The number of carbonyl (C=O) groups excluding carboxylic acids is 1. The van der Waals surface area contributed by atoms with E-state index in [9.17, 15) is 9.59 Å². The lowest BCUT2D eigenvalue weighted by Crippen LogP contribution is -2.31. The standard InChI is InChI=1S/C19H23N3O2/c1-13(2)16-9-7-15(8-10-16)12-20-21-18(23)17-6-5-11-22(14(3)4)19(17)24/h5-14H,1-4H3,(H,21,23)/b20-12-. The molecule has 0 aliphatic heterocycles. The minimum Gasteiger partial charge on any atom is -0.312 e. The number of nitrogens with one attached hydrogen (secondary N) is 1. The Labute approximate surface area is 142 Å². The zero-order valence-electron chi connectivity index (χ0n) is 14.5. The summed E-state index contributed by atoms with van der Waals surface area (Å²) in [5.41, 5.74) is 4.30. The third kappa shape index (κ3) is 4.19. The molecule has 5 nitrogen and oxygen atoms in total. The minimum absolute atomic E-state index is 0.00627. The molecule has 0 atom stereocenters. The van der Waals surface area contributed by atoms with E-state index in [2.05, 4.69) is 24.4 Å². The normalized spacial score (nSPS) is 11.4. The molecule has 0 spiro atoms. The molecule has 2 rings (SSSR count). The van der Waals surface area contributed by atoms with E-state index in [1.165, 1.54) is 16.2 Å². The van der Waals surface area contributed by atoms with Crippen LogP contribution in [-0.2, 0) is 0 Å². The van der Waals surface area contributed by atoms with Gasteiger partial charge in [-0.2, -0.15) is 5.10 Å². The SMILES string of the molecule is CC(C)c1ccc(/C=N\NC(=O)c2cccn(C(C)C)c2=O)cc1. The number of rotatable bonds is 5. The molecule has 0 aliphatic rings. The topological polar surface area (TPSA) is 63.5 Å². The van der Waals surface area contributed by atoms with E-state index in [0.29, 0.717) is 5.92 Å². The summed E-state index contributed by atoms with van der Waals surface area (Å²) in [6.07, 6.45) is 3.23. The highest BCUT2D eigenvalue weighted by Crippen LogP contribution is 2.13. The Kier molecular flexibility index (Phi) is 5.68. The highest BCUT2D eigenvalue weighted by Gasteiger charge is 2.12. The molecular formula is C19H23N3O2. The Bertz CT molecular complexity index is 787. The maximum absolute atomic E-state index is 12.2. The number of pyridine rings is 1. The highest BCUT2D eigenvalue weighted by molar-refractivity contribution is 5.94. The van der Waals surface area contributed by atoms with Crippen LogP contribution in [0.5, 0.6) is 0 Å². The number of carbonyl (C=O) groups is 1. The van der Waals surface area contributed by atoms with Gasteiger partial charge in [-0.25, -0.2) is 5.43 Å². The maximum atomic E-state index is 12.2. The molecule has 0 bridgehead atoms. The van der Waals surface area contributed by atoms with Gasteiger partial charge in [-0.05, 0) is 43.0 Å². The van der Waals surface area contributed by atoms with Crippen molar-refractivity contribution < 1.29 is 4.79 Å². The van der Waals surface area contributed by atoms with Gasteiger partial charge in [-0.3, -0.25) is 9.59 Å². The molecule has 0 saturated heterocycles. The smallest absolute Gasteiger partial charge is 0.276 e. The Morgan fingerprint density at radius 2 is 1.79 bits per heavy atom. The molecule has 0 fully saturated rings. The molecule has 0 radical (unpaired) electrons. The molecular weight excluding hydrogens is 302 g/mol. The Balaban J connectivity index is 2.08. The van der Waals surface area contributed by atoms with Crippen molar-refractivity contribution in [3.63, 3.8) is 0 Å². The largest absolute Gasteiger partial charge is 0.312 e. The van der Waals surface area contributed by atoms with Gasteiger partial charge < -0.3 is 4.57 Å². The summed E-state index contributed by atoms with van der Waals surface area (Å²) in [4.78, 5) is 24.4. The molecule has 24 heavy (non-hydrogen) atoms. The minimum atomic E-state index is -0.509. The van der Waals surface area contributed by atoms with Gasteiger partial charge in [-0.15, -0.1) is 0 Å². The van der Waals surface area contributed by atoms with Crippen LogP contribution in [0.1, 0.15) is 61.1 Å². The number of benzene rings is 1. The second-order valence-corrected chi connectivity index (χ2v) is 6.25. The van der Waals surface area contributed by atoms with Gasteiger partial charge in [0.25, 0.3) is 11.5 Å². The van der Waals surface area contributed by atoms with Crippen LogP contribution >= 0.6 is 0 Å². The molecule has 5 heteroatoms. The summed E-state index contributed by atoms with van der Waals surface area (Å²) < 4.78 is 1.52. The van der Waals surface area contributed by atoms with Crippen molar-refractivity contribution in [1.82, 2.24) is 9.99 Å².